The highest BCUT2D eigenvalue weighted by molar-refractivity contribution is 6.74. The van der Waals surface area contributed by atoms with Crippen molar-refractivity contribution in [2.75, 3.05) is 7.11 Å². The zero-order valence-corrected chi connectivity index (χ0v) is 26.5. The lowest BCUT2D eigenvalue weighted by atomic mass is 9.65. The molecule has 0 amide bonds. The van der Waals surface area contributed by atoms with E-state index in [1.54, 1.807) is 7.11 Å². The normalized spacial score (nSPS) is 30.6. The van der Waals surface area contributed by atoms with E-state index in [-0.39, 0.29) is 34.5 Å². The van der Waals surface area contributed by atoms with Crippen LogP contribution in [-0.2, 0) is 18.0 Å². The number of fused-ring (bicyclic) bond motifs is 2. The number of hydrogen-bond donors (Lipinski definition) is 0. The van der Waals surface area contributed by atoms with Crippen LogP contribution in [0.1, 0.15) is 48.0 Å². The highest BCUT2D eigenvalue weighted by Gasteiger charge is 2.55. The topological polar surface area (TPSA) is 36.9 Å². The smallest absolute Gasteiger partial charge is 0.192 e. The van der Waals surface area contributed by atoms with Crippen LogP contribution < -0.4 is 0 Å². The molecule has 0 N–H and O–H groups in total. The van der Waals surface area contributed by atoms with Crippen molar-refractivity contribution in [1.29, 1.82) is 0 Å². The van der Waals surface area contributed by atoms with Gasteiger partial charge in [0.1, 0.15) is 0 Å². The van der Waals surface area contributed by atoms with E-state index in [0.717, 1.165) is 6.42 Å². The van der Waals surface area contributed by atoms with Crippen molar-refractivity contribution in [2.45, 2.75) is 122 Å². The van der Waals surface area contributed by atoms with E-state index in [1.807, 2.05) is 0 Å². The summed E-state index contributed by atoms with van der Waals surface area (Å²) in [5.41, 5.74) is 0. The van der Waals surface area contributed by atoms with Crippen molar-refractivity contribution in [1.82, 2.24) is 0 Å². The third kappa shape index (κ3) is 6.26. The van der Waals surface area contributed by atoms with Gasteiger partial charge in [-0.15, -0.1) is 0 Å². The summed E-state index contributed by atoms with van der Waals surface area (Å²) < 4.78 is 26.8. The summed E-state index contributed by atoms with van der Waals surface area (Å²) in [6.45, 7) is 30.1. The molecule has 3 aliphatic carbocycles. The Hall–Kier alpha value is 0.231. The van der Waals surface area contributed by atoms with Gasteiger partial charge < -0.3 is 18.0 Å². The molecule has 32 heavy (non-hydrogen) atoms. The van der Waals surface area contributed by atoms with E-state index in [1.165, 1.54) is 0 Å². The average molecular weight is 501 g/mol. The number of methoxy groups -OCH3 is 1. The second-order valence-electron chi connectivity index (χ2n) is 14.0. The molecule has 2 bridgehead atoms. The van der Waals surface area contributed by atoms with Crippen LogP contribution in [0.25, 0.3) is 0 Å². The monoisotopic (exact) mass is 500 g/mol. The Balaban J connectivity index is 2.44. The van der Waals surface area contributed by atoms with Gasteiger partial charge >= 0.3 is 0 Å². The van der Waals surface area contributed by atoms with Crippen LogP contribution >= 0.6 is 0 Å². The highest BCUT2D eigenvalue weighted by Crippen LogP contribution is 2.51. The van der Waals surface area contributed by atoms with Gasteiger partial charge in [0.2, 0.25) is 0 Å². The second kappa shape index (κ2) is 9.36. The Morgan fingerprint density at radius 3 is 1.62 bits per heavy atom. The molecule has 0 radical (unpaired) electrons. The summed E-state index contributed by atoms with van der Waals surface area (Å²) >= 11 is 0. The Bertz CT molecular complexity index is 670. The van der Waals surface area contributed by atoms with E-state index in [9.17, 15) is 0 Å². The molecule has 188 valence electrons. The Morgan fingerprint density at radius 1 is 0.750 bits per heavy atom. The fraction of sp³-hybridized carbons (Fsp3) is 0.920. The molecule has 0 heterocycles. The molecule has 0 spiro atoms. The first-order valence-corrected chi connectivity index (χ1v) is 21.7. The predicted molar refractivity (Wildman–Crippen MR) is 144 cm³/mol. The Kier molecular flexibility index (Phi) is 8.32. The molecule has 0 aromatic carbocycles. The van der Waals surface area contributed by atoms with Crippen LogP contribution in [-0.4, -0.2) is 50.6 Å². The van der Waals surface area contributed by atoms with Crippen molar-refractivity contribution >= 4 is 25.0 Å². The standard InChI is InChI=1S/C25H52O4Si3/c1-24(2,3)31(11,12)27-21-18-15-16-19(22(21)28-32(13,14)25(4,5)6)20(17-18)23(26-7)29-30(8,9)10/h15-16,18-23H,17H2,1-14H3/t18-,19+,20?,21-,22-,23?/m0/s1. The zero-order chi connectivity index (χ0) is 24.9. The maximum atomic E-state index is 7.19. The molecule has 0 aromatic rings. The molecular weight excluding hydrogens is 449 g/mol. The lowest BCUT2D eigenvalue weighted by Crippen LogP contribution is -2.62. The van der Waals surface area contributed by atoms with Crippen LogP contribution in [0.5, 0.6) is 0 Å². The molecule has 7 heteroatoms. The zero-order valence-electron chi connectivity index (χ0n) is 23.5. The van der Waals surface area contributed by atoms with Gasteiger partial charge in [-0.05, 0) is 62.3 Å². The van der Waals surface area contributed by atoms with Crippen LogP contribution in [0.4, 0.5) is 0 Å². The molecule has 0 aromatic heterocycles. The minimum atomic E-state index is -1.99. The Labute approximate surface area is 202 Å². The molecular formula is C25H52O4Si3. The number of hydrogen-bond acceptors (Lipinski definition) is 4. The summed E-state index contributed by atoms with van der Waals surface area (Å²) in [6, 6.07) is 0. The molecule has 4 nitrogen and oxygen atoms in total. The molecule has 1 saturated carbocycles. The highest BCUT2D eigenvalue weighted by atomic mass is 28.4. The van der Waals surface area contributed by atoms with Gasteiger partial charge in [-0.1, -0.05) is 53.7 Å². The van der Waals surface area contributed by atoms with Gasteiger partial charge in [0.25, 0.3) is 0 Å². The first-order chi connectivity index (χ1) is 14.2. The van der Waals surface area contributed by atoms with Crippen LogP contribution in [0.15, 0.2) is 12.2 Å². The predicted octanol–water partition coefficient (Wildman–Crippen LogP) is 7.41. The third-order valence-electron chi connectivity index (χ3n) is 8.27. The molecule has 0 aliphatic heterocycles. The minimum absolute atomic E-state index is 0.0571. The number of rotatable bonds is 8. The first-order valence-electron chi connectivity index (χ1n) is 12.4. The molecule has 3 rings (SSSR count). The van der Waals surface area contributed by atoms with Crippen LogP contribution in [0.3, 0.4) is 0 Å². The van der Waals surface area contributed by atoms with Crippen LogP contribution in [0.2, 0.25) is 55.9 Å². The first kappa shape index (κ1) is 28.5. The molecule has 6 atom stereocenters. The second-order valence-corrected chi connectivity index (χ2v) is 28.0. The maximum Gasteiger partial charge on any atom is 0.192 e. The summed E-state index contributed by atoms with van der Waals surface area (Å²) in [7, 11) is -3.87. The fourth-order valence-corrected chi connectivity index (χ4v) is 7.94. The summed E-state index contributed by atoms with van der Waals surface area (Å²) in [5.74, 6) is 0.901. The van der Waals surface area contributed by atoms with Crippen molar-refractivity contribution < 1.29 is 18.0 Å². The van der Waals surface area contributed by atoms with Gasteiger partial charge in [-0.2, -0.15) is 0 Å². The summed E-state index contributed by atoms with van der Waals surface area (Å²) in [6.07, 6.45) is 5.81. The minimum Gasteiger partial charge on any atom is -0.411 e. The van der Waals surface area contributed by atoms with Crippen molar-refractivity contribution in [3.8, 4) is 0 Å². The largest absolute Gasteiger partial charge is 0.411 e. The Morgan fingerprint density at radius 2 is 1.22 bits per heavy atom. The molecule has 1 fully saturated rings. The van der Waals surface area contributed by atoms with Crippen LogP contribution in [0, 0.1) is 17.8 Å². The quantitative estimate of drug-likeness (QED) is 0.197. The van der Waals surface area contributed by atoms with Gasteiger partial charge in [-0.25, -0.2) is 0 Å². The molecule has 2 unspecified atom stereocenters. The fourth-order valence-electron chi connectivity index (χ4n) is 4.31. The van der Waals surface area contributed by atoms with Gasteiger partial charge in [-0.3, -0.25) is 0 Å². The van der Waals surface area contributed by atoms with Gasteiger partial charge in [0.05, 0.1) is 12.2 Å². The third-order valence-corrected chi connectivity index (χ3v) is 18.2. The SMILES string of the molecule is COC(O[Si](C)(C)C)C1C[C@@H]2C=C[C@H]1[C@H](O[Si](C)(C)C(C)(C)C)[C@H]2O[Si](C)(C)C(C)(C)C. The van der Waals surface area contributed by atoms with E-state index in [2.05, 4.69) is 99.5 Å². The van der Waals surface area contributed by atoms with Crippen molar-refractivity contribution in [3.05, 3.63) is 12.2 Å². The van der Waals surface area contributed by atoms with Gasteiger partial charge in [0, 0.05) is 24.9 Å². The van der Waals surface area contributed by atoms with Crippen molar-refractivity contribution in [3.63, 3.8) is 0 Å². The number of ether oxygens (including phenoxy) is 1. The lowest BCUT2D eigenvalue weighted by Gasteiger charge is -2.55. The maximum absolute atomic E-state index is 7.19. The van der Waals surface area contributed by atoms with E-state index >= 15 is 0 Å². The molecule has 0 saturated heterocycles. The van der Waals surface area contributed by atoms with E-state index in [4.69, 9.17) is 18.0 Å². The van der Waals surface area contributed by atoms with E-state index in [0.29, 0.717) is 11.8 Å². The van der Waals surface area contributed by atoms with Gasteiger partial charge in [0.15, 0.2) is 31.2 Å². The summed E-state index contributed by atoms with van der Waals surface area (Å²) in [5, 5.41) is 0.324. The lowest BCUT2D eigenvalue weighted by molar-refractivity contribution is -0.159. The average Bonchev–Trinajstić information content (AvgIpc) is 2.59. The molecule has 3 aliphatic rings. The summed E-state index contributed by atoms with van der Waals surface area (Å²) in [4.78, 5) is 0. The van der Waals surface area contributed by atoms with E-state index < -0.39 is 25.0 Å². The van der Waals surface area contributed by atoms with Crippen molar-refractivity contribution in [2.24, 2.45) is 17.8 Å².